The molecule has 1 heterocycles. The highest BCUT2D eigenvalue weighted by molar-refractivity contribution is 6.31. The second kappa shape index (κ2) is 7.41. The zero-order valence-electron chi connectivity index (χ0n) is 13.8. The average Bonchev–Trinajstić information content (AvgIpc) is 2.61. The molecule has 0 aliphatic heterocycles. The minimum atomic E-state index is -0.995. The molecular formula is C19H15ClN2O4. The van der Waals surface area contributed by atoms with Crippen molar-refractivity contribution in [3.05, 3.63) is 64.8 Å². The zero-order valence-corrected chi connectivity index (χ0v) is 14.6. The first-order valence-electron chi connectivity index (χ1n) is 7.85. The van der Waals surface area contributed by atoms with E-state index in [9.17, 15) is 9.59 Å². The van der Waals surface area contributed by atoms with E-state index in [2.05, 4.69) is 10.3 Å². The first-order chi connectivity index (χ1) is 12.5. The highest BCUT2D eigenvalue weighted by Gasteiger charge is 2.14. The average molecular weight is 371 g/mol. The van der Waals surface area contributed by atoms with Gasteiger partial charge >= 0.3 is 11.9 Å². The molecule has 0 unspecified atom stereocenters. The molecule has 0 radical (unpaired) electrons. The van der Waals surface area contributed by atoms with Gasteiger partial charge in [0.05, 0.1) is 23.4 Å². The van der Waals surface area contributed by atoms with Gasteiger partial charge in [0, 0.05) is 16.1 Å². The van der Waals surface area contributed by atoms with E-state index in [4.69, 9.17) is 21.4 Å². The van der Waals surface area contributed by atoms with Gasteiger partial charge in [-0.25, -0.2) is 14.6 Å². The Morgan fingerprint density at radius 1 is 1.15 bits per heavy atom. The number of carbonyl (C=O) groups excluding carboxylic acids is 1. The van der Waals surface area contributed by atoms with Crippen molar-refractivity contribution in [1.82, 2.24) is 4.98 Å². The van der Waals surface area contributed by atoms with Gasteiger partial charge in [0.1, 0.15) is 0 Å². The number of pyridine rings is 1. The second-order valence-electron chi connectivity index (χ2n) is 5.44. The van der Waals surface area contributed by atoms with Crippen molar-refractivity contribution in [1.29, 1.82) is 0 Å². The summed E-state index contributed by atoms with van der Waals surface area (Å²) in [6.07, 6.45) is 0. The normalized spacial score (nSPS) is 10.5. The van der Waals surface area contributed by atoms with Crippen molar-refractivity contribution in [3.8, 4) is 0 Å². The number of hydrogen-bond acceptors (Lipinski definition) is 5. The number of esters is 1. The number of halogens is 1. The Morgan fingerprint density at radius 2 is 1.88 bits per heavy atom. The standard InChI is InChI=1S/C19H15ClN2O4/c1-2-26-19(25)17-10-16(14-8-5-12(20)9-15(14)22-17)21-13-6-3-11(4-7-13)18(23)24/h3-10H,2H2,1H3,(H,21,22)(H,23,24). The number of nitrogens with one attached hydrogen (secondary N) is 1. The van der Waals surface area contributed by atoms with E-state index >= 15 is 0 Å². The van der Waals surface area contributed by atoms with E-state index in [0.29, 0.717) is 21.9 Å². The Bertz CT molecular complexity index is 987. The molecule has 26 heavy (non-hydrogen) atoms. The minimum absolute atomic E-state index is 0.159. The number of fused-ring (bicyclic) bond motifs is 1. The molecule has 0 fully saturated rings. The minimum Gasteiger partial charge on any atom is -0.478 e. The third-order valence-electron chi connectivity index (χ3n) is 3.67. The van der Waals surface area contributed by atoms with Crippen LogP contribution in [0.15, 0.2) is 48.5 Å². The molecule has 7 heteroatoms. The number of aromatic carboxylic acids is 1. The van der Waals surface area contributed by atoms with Crippen LogP contribution in [0.1, 0.15) is 27.8 Å². The number of rotatable bonds is 5. The molecule has 132 valence electrons. The Labute approximate surface area is 154 Å². The molecule has 0 atom stereocenters. The summed E-state index contributed by atoms with van der Waals surface area (Å²) < 4.78 is 5.03. The maximum atomic E-state index is 12.1. The number of anilines is 2. The zero-order chi connectivity index (χ0) is 18.7. The molecular weight excluding hydrogens is 356 g/mol. The molecule has 0 aliphatic carbocycles. The Kier molecular flexibility index (Phi) is 5.04. The summed E-state index contributed by atoms with van der Waals surface area (Å²) >= 11 is 6.04. The van der Waals surface area contributed by atoms with Gasteiger partial charge in [0.25, 0.3) is 0 Å². The van der Waals surface area contributed by atoms with Gasteiger partial charge in [-0.1, -0.05) is 11.6 Å². The van der Waals surface area contributed by atoms with Gasteiger partial charge in [0.15, 0.2) is 5.69 Å². The summed E-state index contributed by atoms with van der Waals surface area (Å²) in [5.41, 5.74) is 2.21. The SMILES string of the molecule is CCOC(=O)c1cc(Nc2ccc(C(=O)O)cc2)c2ccc(Cl)cc2n1. The van der Waals surface area contributed by atoms with E-state index in [0.717, 1.165) is 5.39 Å². The number of nitrogens with zero attached hydrogens (tertiary/aromatic N) is 1. The number of aromatic nitrogens is 1. The molecule has 0 bridgehead atoms. The molecule has 0 saturated heterocycles. The van der Waals surface area contributed by atoms with Crippen LogP contribution in [0.3, 0.4) is 0 Å². The van der Waals surface area contributed by atoms with E-state index in [-0.39, 0.29) is 17.9 Å². The van der Waals surface area contributed by atoms with Crippen LogP contribution in [0.5, 0.6) is 0 Å². The first-order valence-corrected chi connectivity index (χ1v) is 8.23. The largest absolute Gasteiger partial charge is 0.478 e. The summed E-state index contributed by atoms with van der Waals surface area (Å²) in [7, 11) is 0. The molecule has 0 aliphatic rings. The number of carboxylic acids is 1. The van der Waals surface area contributed by atoms with Crippen molar-refractivity contribution in [2.75, 3.05) is 11.9 Å². The fourth-order valence-electron chi connectivity index (χ4n) is 2.47. The monoisotopic (exact) mass is 370 g/mol. The first kappa shape index (κ1) is 17.7. The van der Waals surface area contributed by atoms with Crippen LogP contribution in [-0.2, 0) is 4.74 Å². The highest BCUT2D eigenvalue weighted by atomic mass is 35.5. The molecule has 6 nitrogen and oxygen atoms in total. The number of benzene rings is 2. The van der Waals surface area contributed by atoms with Gasteiger partial charge in [-0.2, -0.15) is 0 Å². The van der Waals surface area contributed by atoms with Crippen LogP contribution in [0.2, 0.25) is 5.02 Å². The van der Waals surface area contributed by atoms with Crippen molar-refractivity contribution in [3.63, 3.8) is 0 Å². The van der Waals surface area contributed by atoms with Gasteiger partial charge in [-0.05, 0) is 55.5 Å². The maximum Gasteiger partial charge on any atom is 0.357 e. The Balaban J connectivity index is 2.04. The fraction of sp³-hybridized carbons (Fsp3) is 0.105. The Hall–Kier alpha value is -3.12. The topological polar surface area (TPSA) is 88.5 Å². The van der Waals surface area contributed by atoms with Crippen LogP contribution in [0.25, 0.3) is 10.9 Å². The lowest BCUT2D eigenvalue weighted by atomic mass is 10.1. The van der Waals surface area contributed by atoms with Gasteiger partial charge in [-0.3, -0.25) is 0 Å². The lowest BCUT2D eigenvalue weighted by molar-refractivity contribution is 0.0519. The summed E-state index contributed by atoms with van der Waals surface area (Å²) in [6.45, 7) is 1.96. The Morgan fingerprint density at radius 3 is 2.54 bits per heavy atom. The molecule has 3 aromatic rings. The number of carboxylic acid groups (broad SMARTS) is 1. The molecule has 0 saturated carbocycles. The maximum absolute atomic E-state index is 12.1. The predicted molar refractivity (Wildman–Crippen MR) is 99.4 cm³/mol. The van der Waals surface area contributed by atoms with Crippen LogP contribution in [0.4, 0.5) is 11.4 Å². The van der Waals surface area contributed by atoms with Crippen LogP contribution < -0.4 is 5.32 Å². The van der Waals surface area contributed by atoms with E-state index in [1.807, 2.05) is 0 Å². The third-order valence-corrected chi connectivity index (χ3v) is 3.90. The summed E-state index contributed by atoms with van der Waals surface area (Å²) in [6, 6.07) is 13.1. The van der Waals surface area contributed by atoms with E-state index in [1.165, 1.54) is 12.1 Å². The van der Waals surface area contributed by atoms with Crippen molar-refractivity contribution < 1.29 is 19.4 Å². The van der Waals surface area contributed by atoms with E-state index in [1.54, 1.807) is 43.3 Å². The summed E-state index contributed by atoms with van der Waals surface area (Å²) in [4.78, 5) is 27.4. The summed E-state index contributed by atoms with van der Waals surface area (Å²) in [5.74, 6) is -1.52. The lowest BCUT2D eigenvalue weighted by Gasteiger charge is -2.12. The predicted octanol–water partition coefficient (Wildman–Crippen LogP) is 4.51. The van der Waals surface area contributed by atoms with Gasteiger partial charge < -0.3 is 15.2 Å². The third kappa shape index (κ3) is 3.75. The van der Waals surface area contributed by atoms with Crippen LogP contribution >= 0.6 is 11.6 Å². The number of hydrogen-bond donors (Lipinski definition) is 2. The van der Waals surface area contributed by atoms with Crippen LogP contribution in [0, 0.1) is 0 Å². The van der Waals surface area contributed by atoms with Gasteiger partial charge in [0.2, 0.25) is 0 Å². The molecule has 2 N–H and O–H groups in total. The second-order valence-corrected chi connectivity index (χ2v) is 5.88. The molecule has 0 spiro atoms. The van der Waals surface area contributed by atoms with Crippen molar-refractivity contribution >= 4 is 45.8 Å². The quantitative estimate of drug-likeness (QED) is 0.642. The smallest absolute Gasteiger partial charge is 0.357 e. The number of carbonyl (C=O) groups is 2. The lowest BCUT2D eigenvalue weighted by Crippen LogP contribution is -2.08. The molecule has 1 aromatic heterocycles. The van der Waals surface area contributed by atoms with E-state index < -0.39 is 11.9 Å². The van der Waals surface area contributed by atoms with Gasteiger partial charge in [-0.15, -0.1) is 0 Å². The highest BCUT2D eigenvalue weighted by Crippen LogP contribution is 2.29. The molecule has 2 aromatic carbocycles. The number of ether oxygens (including phenoxy) is 1. The molecule has 3 rings (SSSR count). The fourth-order valence-corrected chi connectivity index (χ4v) is 2.63. The van der Waals surface area contributed by atoms with Crippen LogP contribution in [-0.4, -0.2) is 28.6 Å². The summed E-state index contributed by atoms with van der Waals surface area (Å²) in [5, 5.41) is 13.4. The molecule has 0 amide bonds. The van der Waals surface area contributed by atoms with Crippen molar-refractivity contribution in [2.24, 2.45) is 0 Å². The van der Waals surface area contributed by atoms with Crippen molar-refractivity contribution in [2.45, 2.75) is 6.92 Å².